The first kappa shape index (κ1) is 25.9. The number of rotatable bonds is 5. The minimum Gasteiger partial charge on any atom is -0.299 e. The Bertz CT molecular complexity index is 1450. The number of likely N-dealkylation sites (tertiary alicyclic amines) is 1. The van der Waals surface area contributed by atoms with Gasteiger partial charge in [0.05, 0.1) is 10.9 Å². The summed E-state index contributed by atoms with van der Waals surface area (Å²) in [5, 5.41) is 2.74. The predicted molar refractivity (Wildman–Crippen MR) is 148 cm³/mol. The zero-order valence-corrected chi connectivity index (χ0v) is 22.0. The van der Waals surface area contributed by atoms with E-state index >= 15 is 0 Å². The summed E-state index contributed by atoms with van der Waals surface area (Å²) >= 11 is 0. The molecule has 38 heavy (non-hydrogen) atoms. The molecule has 2 aliphatic heterocycles. The number of carbonyl (C=O) groups excluding carboxylic acids is 2. The van der Waals surface area contributed by atoms with Crippen LogP contribution in [0.5, 0.6) is 0 Å². The number of piperidine rings is 1. The van der Waals surface area contributed by atoms with Crippen molar-refractivity contribution >= 4 is 22.7 Å². The minimum absolute atomic E-state index is 0.195. The highest BCUT2D eigenvalue weighted by molar-refractivity contribution is 5.99. The molecule has 0 saturated carbocycles. The molecule has 0 radical (unpaired) electrons. The molecular formula is C31H34N4O3. The summed E-state index contributed by atoms with van der Waals surface area (Å²) in [5.41, 5.74) is 3.46. The minimum atomic E-state index is -0.750. The molecule has 0 spiro atoms. The second kappa shape index (κ2) is 11.7. The van der Waals surface area contributed by atoms with Gasteiger partial charge < -0.3 is 0 Å². The van der Waals surface area contributed by atoms with Crippen molar-refractivity contribution in [1.29, 1.82) is 0 Å². The molecule has 1 N–H and O–H groups in total. The molecule has 3 aromatic rings. The van der Waals surface area contributed by atoms with Gasteiger partial charge >= 0.3 is 0 Å². The molecule has 1 aromatic heterocycles. The molecule has 2 aliphatic rings. The van der Waals surface area contributed by atoms with Crippen molar-refractivity contribution in [2.24, 2.45) is 0 Å². The molecule has 7 nitrogen and oxygen atoms in total. The van der Waals surface area contributed by atoms with Crippen LogP contribution in [0.1, 0.15) is 73.5 Å². The standard InChI is InChI=1S/C31H34N4O3/c1-22-32-26-12-8-11-25(29(26)31(38)35(22)27-17-18-28(36)33-30(27)37)10-5-4-9-23-13-15-24(16-14-23)21-34-19-6-2-3-7-20-34/h8,11-16,27H,2-4,6-7,9,17-21H2,1H3,(H,33,36,37). The fraction of sp³-hybridized carbons (Fsp3) is 0.419. The number of aromatic nitrogens is 2. The molecule has 2 saturated heterocycles. The molecule has 2 amide bonds. The SMILES string of the molecule is Cc1nc2cccc(C#CCCc3ccc(CN4CCCCCC4)cc3)c2c(=O)n1C1CCC(=O)NC1=O. The number of aryl methyl sites for hydroxylation is 2. The van der Waals surface area contributed by atoms with Crippen LogP contribution >= 0.6 is 0 Å². The van der Waals surface area contributed by atoms with Crippen LogP contribution in [0.15, 0.2) is 47.3 Å². The van der Waals surface area contributed by atoms with E-state index < -0.39 is 11.9 Å². The Balaban J connectivity index is 1.29. The number of nitrogens with one attached hydrogen (secondary N) is 1. The summed E-state index contributed by atoms with van der Waals surface area (Å²) in [6, 6.07) is 13.5. The Morgan fingerprint density at radius 1 is 0.974 bits per heavy atom. The number of hydrogen-bond acceptors (Lipinski definition) is 5. The molecule has 1 atom stereocenters. The number of carbonyl (C=O) groups is 2. The van der Waals surface area contributed by atoms with Crippen LogP contribution < -0.4 is 10.9 Å². The van der Waals surface area contributed by atoms with E-state index in [4.69, 9.17) is 0 Å². The van der Waals surface area contributed by atoms with E-state index in [-0.39, 0.29) is 24.3 Å². The molecule has 2 aromatic carbocycles. The molecule has 2 fully saturated rings. The highest BCUT2D eigenvalue weighted by atomic mass is 16.2. The fourth-order valence-corrected chi connectivity index (χ4v) is 5.48. The number of imide groups is 1. The van der Waals surface area contributed by atoms with Crippen LogP contribution in [0, 0.1) is 18.8 Å². The molecule has 5 rings (SSSR count). The smallest absolute Gasteiger partial charge is 0.263 e. The molecule has 7 heteroatoms. The Labute approximate surface area is 223 Å². The van der Waals surface area contributed by atoms with Gasteiger partial charge in [0.1, 0.15) is 11.9 Å². The van der Waals surface area contributed by atoms with Gasteiger partial charge in [0.2, 0.25) is 11.8 Å². The highest BCUT2D eigenvalue weighted by Crippen LogP contribution is 2.21. The summed E-state index contributed by atoms with van der Waals surface area (Å²) in [6.07, 6.45) is 7.27. The van der Waals surface area contributed by atoms with Crippen LogP contribution in [0.4, 0.5) is 0 Å². The van der Waals surface area contributed by atoms with Crippen molar-refractivity contribution in [2.45, 2.75) is 70.9 Å². The average molecular weight is 511 g/mol. The third-order valence-corrected chi connectivity index (χ3v) is 7.52. The Morgan fingerprint density at radius 3 is 2.45 bits per heavy atom. The van der Waals surface area contributed by atoms with E-state index in [9.17, 15) is 14.4 Å². The highest BCUT2D eigenvalue weighted by Gasteiger charge is 2.30. The normalized spacial score (nSPS) is 18.5. The lowest BCUT2D eigenvalue weighted by Gasteiger charge is -2.24. The molecular weight excluding hydrogens is 476 g/mol. The van der Waals surface area contributed by atoms with Crippen LogP contribution in [0.25, 0.3) is 10.9 Å². The molecule has 3 heterocycles. The largest absolute Gasteiger partial charge is 0.299 e. The number of fused-ring (bicyclic) bond motifs is 1. The van der Waals surface area contributed by atoms with Crippen molar-refractivity contribution in [1.82, 2.24) is 19.8 Å². The number of amides is 2. The summed E-state index contributed by atoms with van der Waals surface area (Å²) in [7, 11) is 0. The monoisotopic (exact) mass is 510 g/mol. The maximum Gasteiger partial charge on any atom is 0.263 e. The fourth-order valence-electron chi connectivity index (χ4n) is 5.48. The summed E-state index contributed by atoms with van der Waals surface area (Å²) < 4.78 is 1.41. The van der Waals surface area contributed by atoms with Gasteiger partial charge in [-0.3, -0.25) is 29.2 Å². The van der Waals surface area contributed by atoms with E-state index in [0.717, 1.165) is 13.0 Å². The Kier molecular flexibility index (Phi) is 8.00. The topological polar surface area (TPSA) is 84.3 Å². The van der Waals surface area contributed by atoms with Gasteiger partial charge in [-0.2, -0.15) is 0 Å². The lowest BCUT2D eigenvalue weighted by atomic mass is 10.0. The van der Waals surface area contributed by atoms with E-state index in [1.54, 1.807) is 13.0 Å². The molecule has 196 valence electrons. The van der Waals surface area contributed by atoms with Gasteiger partial charge in [0, 0.05) is 24.9 Å². The first-order chi connectivity index (χ1) is 18.5. The van der Waals surface area contributed by atoms with Crippen molar-refractivity contribution < 1.29 is 9.59 Å². The zero-order chi connectivity index (χ0) is 26.5. The van der Waals surface area contributed by atoms with Gasteiger partial charge in [-0.05, 0) is 69.0 Å². The molecule has 0 aliphatic carbocycles. The number of nitrogens with zero attached hydrogens (tertiary/aromatic N) is 3. The maximum atomic E-state index is 13.5. The van der Waals surface area contributed by atoms with Crippen LogP contribution in [0.2, 0.25) is 0 Å². The summed E-state index contributed by atoms with van der Waals surface area (Å²) in [6.45, 7) is 5.12. The zero-order valence-electron chi connectivity index (χ0n) is 22.0. The quantitative estimate of drug-likeness (QED) is 0.414. The van der Waals surface area contributed by atoms with Crippen LogP contribution in [-0.2, 0) is 22.6 Å². The lowest BCUT2D eigenvalue weighted by Crippen LogP contribution is -2.45. The van der Waals surface area contributed by atoms with E-state index in [0.29, 0.717) is 28.7 Å². The maximum absolute atomic E-state index is 13.5. The van der Waals surface area contributed by atoms with Crippen LogP contribution in [0.3, 0.4) is 0 Å². The van der Waals surface area contributed by atoms with Gasteiger partial charge in [0.15, 0.2) is 0 Å². The Hall–Kier alpha value is -3.76. The first-order valence-electron chi connectivity index (χ1n) is 13.6. The molecule has 0 bridgehead atoms. The summed E-state index contributed by atoms with van der Waals surface area (Å²) in [5.74, 6) is 6.07. The van der Waals surface area contributed by atoms with Crippen molar-refractivity contribution in [3.05, 3.63) is 75.3 Å². The summed E-state index contributed by atoms with van der Waals surface area (Å²) in [4.78, 5) is 44.7. The van der Waals surface area contributed by atoms with Gasteiger partial charge in [-0.25, -0.2) is 4.98 Å². The number of benzene rings is 2. The second-order valence-corrected chi connectivity index (χ2v) is 10.3. The van der Waals surface area contributed by atoms with Crippen molar-refractivity contribution in [3.63, 3.8) is 0 Å². The van der Waals surface area contributed by atoms with Gasteiger partial charge in [-0.15, -0.1) is 0 Å². The Morgan fingerprint density at radius 2 is 1.71 bits per heavy atom. The third-order valence-electron chi connectivity index (χ3n) is 7.52. The van der Waals surface area contributed by atoms with Crippen molar-refractivity contribution in [2.75, 3.05) is 13.1 Å². The van der Waals surface area contributed by atoms with Crippen LogP contribution in [-0.4, -0.2) is 39.4 Å². The average Bonchev–Trinajstić information content (AvgIpc) is 3.17. The van der Waals surface area contributed by atoms with E-state index in [1.165, 1.54) is 54.5 Å². The third kappa shape index (κ3) is 5.87. The predicted octanol–water partition coefficient (Wildman–Crippen LogP) is 4.04. The van der Waals surface area contributed by atoms with E-state index in [2.05, 4.69) is 51.3 Å². The first-order valence-corrected chi connectivity index (χ1v) is 13.6. The lowest BCUT2D eigenvalue weighted by molar-refractivity contribution is -0.135. The number of hydrogen-bond donors (Lipinski definition) is 1. The second-order valence-electron chi connectivity index (χ2n) is 10.3. The van der Waals surface area contributed by atoms with Gasteiger partial charge in [0.25, 0.3) is 5.56 Å². The van der Waals surface area contributed by atoms with Crippen molar-refractivity contribution in [3.8, 4) is 11.8 Å². The van der Waals surface area contributed by atoms with E-state index in [1.807, 2.05) is 12.1 Å². The molecule has 1 unspecified atom stereocenters. The van der Waals surface area contributed by atoms with Gasteiger partial charge in [-0.1, -0.05) is 55.0 Å².